The van der Waals surface area contributed by atoms with Gasteiger partial charge in [0.2, 0.25) is 0 Å². The third kappa shape index (κ3) is 2.98. The number of halogens is 2. The van der Waals surface area contributed by atoms with E-state index in [1.807, 2.05) is 19.1 Å². The van der Waals surface area contributed by atoms with Crippen LogP contribution in [0.1, 0.15) is 18.6 Å². The van der Waals surface area contributed by atoms with Gasteiger partial charge in [-0.15, -0.1) is 0 Å². The third-order valence-corrected chi connectivity index (χ3v) is 3.54. The molecule has 0 aliphatic heterocycles. The van der Waals surface area contributed by atoms with E-state index >= 15 is 0 Å². The average molecular weight is 302 g/mol. The summed E-state index contributed by atoms with van der Waals surface area (Å²) >= 11 is 5.97. The molecule has 0 aliphatic rings. The molecule has 2 aromatic carbocycles. The summed E-state index contributed by atoms with van der Waals surface area (Å²) in [5, 5.41) is 1.54. The molecular weight excluding hydrogens is 289 g/mol. The lowest BCUT2D eigenvalue weighted by atomic mass is 10.1. The van der Waals surface area contributed by atoms with Crippen LogP contribution in [0.3, 0.4) is 0 Å². The van der Waals surface area contributed by atoms with Crippen molar-refractivity contribution < 1.29 is 9.13 Å². The molecule has 3 rings (SSSR count). The van der Waals surface area contributed by atoms with E-state index in [4.69, 9.17) is 16.3 Å². The molecule has 1 atom stereocenters. The molecule has 2 nitrogen and oxygen atoms in total. The molecule has 1 heterocycles. The molecule has 0 amide bonds. The number of fused-ring (bicyclic) bond motifs is 1. The van der Waals surface area contributed by atoms with Crippen molar-refractivity contribution in [3.8, 4) is 5.75 Å². The Balaban J connectivity index is 1.92. The van der Waals surface area contributed by atoms with Crippen LogP contribution in [0, 0.1) is 5.82 Å². The Morgan fingerprint density at radius 2 is 1.86 bits per heavy atom. The van der Waals surface area contributed by atoms with Crippen LogP contribution in [0.4, 0.5) is 4.39 Å². The van der Waals surface area contributed by atoms with Gasteiger partial charge in [-0.1, -0.05) is 23.7 Å². The van der Waals surface area contributed by atoms with Gasteiger partial charge >= 0.3 is 0 Å². The second-order valence-electron chi connectivity index (χ2n) is 4.78. The first-order valence-corrected chi connectivity index (χ1v) is 6.97. The van der Waals surface area contributed by atoms with Gasteiger partial charge < -0.3 is 4.74 Å². The van der Waals surface area contributed by atoms with Gasteiger partial charge in [-0.05, 0) is 48.9 Å². The van der Waals surface area contributed by atoms with Crippen molar-refractivity contribution in [1.29, 1.82) is 0 Å². The molecule has 0 bridgehead atoms. The van der Waals surface area contributed by atoms with Crippen molar-refractivity contribution in [2.24, 2.45) is 0 Å². The second kappa shape index (κ2) is 5.70. The van der Waals surface area contributed by atoms with E-state index in [1.54, 1.807) is 30.5 Å². The highest BCUT2D eigenvalue weighted by molar-refractivity contribution is 6.31. The summed E-state index contributed by atoms with van der Waals surface area (Å²) in [7, 11) is 0. The summed E-state index contributed by atoms with van der Waals surface area (Å²) in [6, 6.07) is 13.6. The molecule has 0 fully saturated rings. The molecule has 0 spiro atoms. The number of ether oxygens (including phenoxy) is 1. The number of pyridine rings is 1. The first-order chi connectivity index (χ1) is 10.1. The Morgan fingerprint density at radius 1 is 1.10 bits per heavy atom. The fourth-order valence-corrected chi connectivity index (χ4v) is 2.36. The Kier molecular flexibility index (Phi) is 3.76. The largest absolute Gasteiger partial charge is 0.485 e. The van der Waals surface area contributed by atoms with E-state index < -0.39 is 0 Å². The Bertz CT molecular complexity index is 773. The van der Waals surface area contributed by atoms with Gasteiger partial charge in [-0.3, -0.25) is 4.98 Å². The van der Waals surface area contributed by atoms with Gasteiger partial charge in [-0.25, -0.2) is 4.39 Å². The zero-order valence-electron chi connectivity index (χ0n) is 11.4. The van der Waals surface area contributed by atoms with Crippen LogP contribution in [0.15, 0.2) is 54.7 Å². The minimum atomic E-state index is -0.255. The molecule has 1 unspecified atom stereocenters. The number of nitrogens with zero attached hydrogens (tertiary/aromatic N) is 1. The number of benzene rings is 2. The van der Waals surface area contributed by atoms with Crippen LogP contribution < -0.4 is 4.74 Å². The first kappa shape index (κ1) is 13.8. The molecule has 0 saturated carbocycles. The minimum Gasteiger partial charge on any atom is -0.485 e. The molecular formula is C17H13ClFNO. The van der Waals surface area contributed by atoms with Gasteiger partial charge in [0, 0.05) is 16.6 Å². The van der Waals surface area contributed by atoms with Gasteiger partial charge in [-0.2, -0.15) is 0 Å². The van der Waals surface area contributed by atoms with Gasteiger partial charge in [0.25, 0.3) is 0 Å². The molecule has 0 radical (unpaired) electrons. The van der Waals surface area contributed by atoms with Crippen molar-refractivity contribution in [3.63, 3.8) is 0 Å². The Hall–Kier alpha value is -2.13. The van der Waals surface area contributed by atoms with E-state index in [2.05, 4.69) is 4.98 Å². The fourth-order valence-electron chi connectivity index (χ4n) is 2.19. The van der Waals surface area contributed by atoms with Crippen molar-refractivity contribution >= 4 is 22.5 Å². The summed E-state index contributed by atoms with van der Waals surface area (Å²) in [5.41, 5.74) is 1.70. The quantitative estimate of drug-likeness (QED) is 0.666. The Labute approximate surface area is 127 Å². The highest BCUT2D eigenvalue weighted by atomic mass is 35.5. The molecule has 0 N–H and O–H groups in total. The van der Waals surface area contributed by atoms with Crippen LogP contribution in [-0.2, 0) is 0 Å². The molecule has 4 heteroatoms. The standard InChI is InChI=1S/C17H13ClFNO/c1-11(12-2-5-14(19)6-3-12)21-17-8-9-20-16-10-13(18)4-7-15(16)17/h2-11H,1H3. The van der Waals surface area contributed by atoms with Crippen LogP contribution in [0.5, 0.6) is 5.75 Å². The van der Waals surface area contributed by atoms with E-state index in [1.165, 1.54) is 12.1 Å². The zero-order chi connectivity index (χ0) is 14.8. The maximum Gasteiger partial charge on any atom is 0.131 e. The van der Waals surface area contributed by atoms with Crippen molar-refractivity contribution in [1.82, 2.24) is 4.98 Å². The molecule has 0 aliphatic carbocycles. The van der Waals surface area contributed by atoms with Crippen LogP contribution in [0.25, 0.3) is 10.9 Å². The summed E-state index contributed by atoms with van der Waals surface area (Å²) in [5.74, 6) is 0.475. The summed E-state index contributed by atoms with van der Waals surface area (Å²) in [6.07, 6.45) is 1.50. The molecule has 1 aromatic heterocycles. The van der Waals surface area contributed by atoms with Gasteiger partial charge in [0.1, 0.15) is 17.7 Å². The topological polar surface area (TPSA) is 22.1 Å². The predicted octanol–water partition coefficient (Wildman–Crippen LogP) is 5.17. The fraction of sp³-hybridized carbons (Fsp3) is 0.118. The van der Waals surface area contributed by atoms with E-state index in [-0.39, 0.29) is 11.9 Å². The lowest BCUT2D eigenvalue weighted by molar-refractivity contribution is 0.229. The normalized spacial score (nSPS) is 12.3. The predicted molar refractivity (Wildman–Crippen MR) is 82.2 cm³/mol. The van der Waals surface area contributed by atoms with Crippen molar-refractivity contribution in [2.75, 3.05) is 0 Å². The van der Waals surface area contributed by atoms with Gasteiger partial charge in [0.05, 0.1) is 5.52 Å². The van der Waals surface area contributed by atoms with Crippen molar-refractivity contribution in [3.05, 3.63) is 71.1 Å². The lowest BCUT2D eigenvalue weighted by Gasteiger charge is -2.16. The highest BCUT2D eigenvalue weighted by Crippen LogP contribution is 2.29. The van der Waals surface area contributed by atoms with E-state index in [9.17, 15) is 4.39 Å². The molecule has 3 aromatic rings. The molecule has 106 valence electrons. The maximum absolute atomic E-state index is 13.0. The third-order valence-electron chi connectivity index (χ3n) is 3.31. The molecule has 21 heavy (non-hydrogen) atoms. The second-order valence-corrected chi connectivity index (χ2v) is 5.22. The summed E-state index contributed by atoms with van der Waals surface area (Å²) < 4.78 is 18.9. The zero-order valence-corrected chi connectivity index (χ0v) is 12.1. The average Bonchev–Trinajstić information content (AvgIpc) is 2.47. The number of hydrogen-bond acceptors (Lipinski definition) is 2. The Morgan fingerprint density at radius 3 is 2.62 bits per heavy atom. The van der Waals surface area contributed by atoms with E-state index in [0.717, 1.165) is 22.2 Å². The van der Waals surface area contributed by atoms with Crippen molar-refractivity contribution in [2.45, 2.75) is 13.0 Å². The highest BCUT2D eigenvalue weighted by Gasteiger charge is 2.10. The number of hydrogen-bond donors (Lipinski definition) is 0. The van der Waals surface area contributed by atoms with Crippen LogP contribution >= 0.6 is 11.6 Å². The smallest absolute Gasteiger partial charge is 0.131 e. The maximum atomic E-state index is 13.0. The van der Waals surface area contributed by atoms with E-state index in [0.29, 0.717) is 5.02 Å². The minimum absolute atomic E-state index is 0.188. The first-order valence-electron chi connectivity index (χ1n) is 6.60. The number of aromatic nitrogens is 1. The lowest BCUT2D eigenvalue weighted by Crippen LogP contribution is -2.03. The SMILES string of the molecule is CC(Oc1ccnc2cc(Cl)ccc12)c1ccc(F)cc1. The number of rotatable bonds is 3. The van der Waals surface area contributed by atoms with Crippen LogP contribution in [-0.4, -0.2) is 4.98 Å². The summed E-state index contributed by atoms with van der Waals surface area (Å²) in [6.45, 7) is 1.93. The summed E-state index contributed by atoms with van der Waals surface area (Å²) in [4.78, 5) is 4.28. The monoisotopic (exact) mass is 301 g/mol. The van der Waals surface area contributed by atoms with Gasteiger partial charge in [0.15, 0.2) is 0 Å². The molecule has 0 saturated heterocycles. The van der Waals surface area contributed by atoms with Crippen LogP contribution in [0.2, 0.25) is 5.02 Å².